The van der Waals surface area contributed by atoms with Crippen LogP contribution in [0.2, 0.25) is 0 Å². The van der Waals surface area contributed by atoms with Gasteiger partial charge in [0.2, 0.25) is 0 Å². The van der Waals surface area contributed by atoms with Crippen molar-refractivity contribution in [1.82, 2.24) is 19.3 Å². The predicted molar refractivity (Wildman–Crippen MR) is 72.9 cm³/mol. The Balaban J connectivity index is 2.14. The van der Waals surface area contributed by atoms with E-state index in [4.69, 9.17) is 4.42 Å². The lowest BCUT2D eigenvalue weighted by Gasteiger charge is -2.04. The van der Waals surface area contributed by atoms with Gasteiger partial charge in [-0.05, 0) is 22.9 Å². The van der Waals surface area contributed by atoms with E-state index in [0.29, 0.717) is 23.5 Å². The molecule has 2 heterocycles. The molecule has 0 saturated heterocycles. The van der Waals surface area contributed by atoms with Gasteiger partial charge >= 0.3 is 5.76 Å². The summed E-state index contributed by atoms with van der Waals surface area (Å²) in [4.78, 5) is 16.0. The highest BCUT2D eigenvalue weighted by Crippen LogP contribution is 2.23. The van der Waals surface area contributed by atoms with Crippen LogP contribution < -0.4 is 5.76 Å². The fourth-order valence-electron chi connectivity index (χ4n) is 2.02. The van der Waals surface area contributed by atoms with Crippen molar-refractivity contribution in [2.75, 3.05) is 0 Å². The average molecular weight is 341 g/mol. The summed E-state index contributed by atoms with van der Waals surface area (Å²) in [6.07, 6.45) is 1.42. The number of hydrogen-bond donors (Lipinski definition) is 0. The maximum atomic E-state index is 13.6. The number of benzene rings is 1. The molecule has 0 spiro atoms. The summed E-state index contributed by atoms with van der Waals surface area (Å²) in [6.45, 7) is 2.74. The molecule has 6 nitrogen and oxygen atoms in total. The number of rotatable bonds is 3. The van der Waals surface area contributed by atoms with Crippen molar-refractivity contribution < 1.29 is 8.81 Å². The monoisotopic (exact) mass is 340 g/mol. The van der Waals surface area contributed by atoms with Gasteiger partial charge in [-0.2, -0.15) is 5.10 Å². The molecule has 0 fully saturated rings. The quantitative estimate of drug-likeness (QED) is 0.732. The van der Waals surface area contributed by atoms with Gasteiger partial charge in [0.25, 0.3) is 0 Å². The van der Waals surface area contributed by atoms with E-state index in [-0.39, 0.29) is 11.0 Å². The van der Waals surface area contributed by atoms with Gasteiger partial charge in [-0.15, -0.1) is 0 Å². The van der Waals surface area contributed by atoms with Crippen LogP contribution in [0.4, 0.5) is 4.39 Å². The predicted octanol–water partition coefficient (Wildman–Crippen LogP) is 2.16. The van der Waals surface area contributed by atoms with Crippen LogP contribution in [-0.4, -0.2) is 19.3 Å². The van der Waals surface area contributed by atoms with E-state index < -0.39 is 11.6 Å². The highest BCUT2D eigenvalue weighted by atomic mass is 79.9. The van der Waals surface area contributed by atoms with E-state index in [1.165, 1.54) is 23.0 Å². The summed E-state index contributed by atoms with van der Waals surface area (Å²) in [5.41, 5.74) is 0.715. The third kappa shape index (κ3) is 2.05. The molecule has 0 aliphatic rings. The molecular weight excluding hydrogens is 331 g/mol. The first-order valence-corrected chi connectivity index (χ1v) is 6.74. The second-order valence-electron chi connectivity index (χ2n) is 4.18. The SMILES string of the molecule is CCn1ncnc1Cn1c(=O)oc2cc(Br)c(F)cc21. The fourth-order valence-corrected chi connectivity index (χ4v) is 2.35. The molecule has 20 heavy (non-hydrogen) atoms. The van der Waals surface area contributed by atoms with Gasteiger partial charge < -0.3 is 4.42 Å². The molecule has 0 radical (unpaired) electrons. The Bertz CT molecular complexity index is 836. The summed E-state index contributed by atoms with van der Waals surface area (Å²) >= 11 is 3.06. The lowest BCUT2D eigenvalue weighted by Crippen LogP contribution is -2.18. The van der Waals surface area contributed by atoms with Crippen molar-refractivity contribution in [3.05, 3.63) is 45.1 Å². The highest BCUT2D eigenvalue weighted by molar-refractivity contribution is 9.10. The van der Waals surface area contributed by atoms with Crippen molar-refractivity contribution in [2.24, 2.45) is 0 Å². The van der Waals surface area contributed by atoms with E-state index in [2.05, 4.69) is 26.0 Å². The van der Waals surface area contributed by atoms with Gasteiger partial charge in [0.15, 0.2) is 5.58 Å². The Kier molecular flexibility index (Phi) is 3.17. The van der Waals surface area contributed by atoms with E-state index >= 15 is 0 Å². The van der Waals surface area contributed by atoms with Crippen LogP contribution in [0.5, 0.6) is 0 Å². The lowest BCUT2D eigenvalue weighted by atomic mass is 10.3. The van der Waals surface area contributed by atoms with Gasteiger partial charge in [0, 0.05) is 18.7 Å². The molecule has 0 unspecified atom stereocenters. The zero-order valence-corrected chi connectivity index (χ0v) is 12.1. The first-order valence-electron chi connectivity index (χ1n) is 5.95. The third-order valence-corrected chi connectivity index (χ3v) is 3.61. The molecule has 2 aromatic heterocycles. The molecule has 0 aliphatic carbocycles. The Morgan fingerprint density at radius 2 is 2.25 bits per heavy atom. The van der Waals surface area contributed by atoms with Crippen LogP contribution in [0.15, 0.2) is 32.1 Å². The average Bonchev–Trinajstić information content (AvgIpc) is 2.97. The van der Waals surface area contributed by atoms with Gasteiger partial charge in [0.05, 0.1) is 16.5 Å². The van der Waals surface area contributed by atoms with Crippen molar-refractivity contribution in [3.8, 4) is 0 Å². The summed E-state index contributed by atoms with van der Waals surface area (Å²) in [5.74, 6) is -0.396. The second-order valence-corrected chi connectivity index (χ2v) is 5.03. The van der Waals surface area contributed by atoms with Crippen molar-refractivity contribution in [1.29, 1.82) is 0 Å². The van der Waals surface area contributed by atoms with E-state index in [9.17, 15) is 9.18 Å². The molecule has 3 rings (SSSR count). The molecule has 0 bridgehead atoms. The largest absolute Gasteiger partial charge is 0.420 e. The zero-order valence-electron chi connectivity index (χ0n) is 10.5. The molecule has 0 amide bonds. The Labute approximate surface area is 121 Å². The number of hydrogen-bond acceptors (Lipinski definition) is 4. The van der Waals surface area contributed by atoms with Crippen LogP contribution in [0, 0.1) is 5.82 Å². The van der Waals surface area contributed by atoms with Gasteiger partial charge in [-0.1, -0.05) is 0 Å². The van der Waals surface area contributed by atoms with E-state index in [1.54, 1.807) is 4.68 Å². The van der Waals surface area contributed by atoms with Crippen LogP contribution in [0.1, 0.15) is 12.7 Å². The standard InChI is InChI=1S/C12H10BrFN4O2/c1-2-18-11(15-6-16-18)5-17-9-4-8(14)7(13)3-10(9)20-12(17)19/h3-4,6H,2,5H2,1H3. The number of aryl methyl sites for hydroxylation is 1. The third-order valence-electron chi connectivity index (χ3n) is 3.01. The second kappa shape index (κ2) is 4.86. The molecule has 0 atom stereocenters. The molecule has 0 N–H and O–H groups in total. The van der Waals surface area contributed by atoms with Crippen molar-refractivity contribution in [3.63, 3.8) is 0 Å². The van der Waals surface area contributed by atoms with Crippen LogP contribution in [0.3, 0.4) is 0 Å². The molecular formula is C12H10BrFN4O2. The van der Waals surface area contributed by atoms with Crippen molar-refractivity contribution in [2.45, 2.75) is 20.0 Å². The fraction of sp³-hybridized carbons (Fsp3) is 0.250. The topological polar surface area (TPSA) is 65.8 Å². The summed E-state index contributed by atoms with van der Waals surface area (Å²) in [7, 11) is 0. The minimum atomic E-state index is -0.553. The minimum absolute atomic E-state index is 0.181. The molecule has 104 valence electrons. The number of aromatic nitrogens is 4. The maximum Gasteiger partial charge on any atom is 0.420 e. The molecule has 0 aliphatic heterocycles. The first kappa shape index (κ1) is 13.0. The van der Waals surface area contributed by atoms with Gasteiger partial charge in [0.1, 0.15) is 18.0 Å². The van der Waals surface area contributed by atoms with Gasteiger partial charge in [-0.3, -0.25) is 4.57 Å². The highest BCUT2D eigenvalue weighted by Gasteiger charge is 2.15. The number of nitrogens with zero attached hydrogens (tertiary/aromatic N) is 4. The maximum absolute atomic E-state index is 13.6. The Morgan fingerprint density at radius 1 is 1.45 bits per heavy atom. The van der Waals surface area contributed by atoms with E-state index in [1.807, 2.05) is 6.92 Å². The zero-order chi connectivity index (χ0) is 14.3. The Hall–Kier alpha value is -1.96. The van der Waals surface area contributed by atoms with Crippen LogP contribution >= 0.6 is 15.9 Å². The summed E-state index contributed by atoms with van der Waals surface area (Å²) in [5, 5.41) is 4.03. The summed E-state index contributed by atoms with van der Waals surface area (Å²) in [6, 6.07) is 2.70. The molecule has 1 aromatic carbocycles. The lowest BCUT2D eigenvalue weighted by molar-refractivity contribution is 0.504. The minimum Gasteiger partial charge on any atom is -0.408 e. The molecule has 8 heteroatoms. The van der Waals surface area contributed by atoms with Crippen LogP contribution in [-0.2, 0) is 13.1 Å². The summed E-state index contributed by atoms with van der Waals surface area (Å²) < 4.78 is 22.0. The number of oxazole rings is 1. The Morgan fingerprint density at radius 3 is 3.00 bits per heavy atom. The smallest absolute Gasteiger partial charge is 0.408 e. The van der Waals surface area contributed by atoms with Crippen molar-refractivity contribution >= 4 is 27.0 Å². The molecule has 0 saturated carbocycles. The molecule has 3 aromatic rings. The first-order chi connectivity index (χ1) is 9.60. The normalized spacial score (nSPS) is 11.3. The number of fused-ring (bicyclic) bond motifs is 1. The van der Waals surface area contributed by atoms with Crippen LogP contribution in [0.25, 0.3) is 11.1 Å². The van der Waals surface area contributed by atoms with E-state index in [0.717, 1.165) is 0 Å². The van der Waals surface area contributed by atoms with Gasteiger partial charge in [-0.25, -0.2) is 18.9 Å². The number of halogens is 2.